The Morgan fingerprint density at radius 2 is 0.889 bits per heavy atom. The number of azide groups is 2. The van der Waals surface area contributed by atoms with Crippen LogP contribution in [-0.4, -0.2) is 123 Å². The molecular weight excluding hydrogens is 675 g/mol. The molecule has 2 aliphatic heterocycles. The van der Waals surface area contributed by atoms with E-state index in [9.17, 15) is 39.8 Å². The Hall–Kier alpha value is -4.12. The molecule has 21 heteroatoms. The predicted molar refractivity (Wildman–Crippen MR) is 144 cm³/mol. The Bertz CT molecular complexity index is 1150. The molecule has 248 valence electrons. The van der Waals surface area contributed by atoms with E-state index in [1.807, 2.05) is 0 Å². The van der Waals surface area contributed by atoms with Gasteiger partial charge in [0, 0.05) is 0 Å². The average molecular weight is 708 g/mol. The molecular formula is C24H32N6O14Se. The summed E-state index contributed by atoms with van der Waals surface area (Å²) in [5.74, 6) is -4.72. The number of hydrogen-bond acceptors (Lipinski definition) is 16. The summed E-state index contributed by atoms with van der Waals surface area (Å²) in [7, 11) is 0. The van der Waals surface area contributed by atoms with Crippen molar-refractivity contribution in [3.63, 3.8) is 0 Å². The number of carbonyl (C=O) groups excluding carboxylic acids is 6. The van der Waals surface area contributed by atoms with Crippen molar-refractivity contribution in [1.29, 1.82) is 0 Å². The van der Waals surface area contributed by atoms with E-state index in [1.54, 1.807) is 0 Å². The van der Waals surface area contributed by atoms with Gasteiger partial charge in [-0.05, 0) is 0 Å². The molecule has 2 fully saturated rings. The molecule has 0 aromatic carbocycles. The molecule has 2 aliphatic rings. The topological polar surface area (TPSA) is 274 Å². The van der Waals surface area contributed by atoms with Crippen molar-refractivity contribution in [3.05, 3.63) is 20.9 Å². The summed E-state index contributed by atoms with van der Waals surface area (Å²) in [6.07, 6.45) is -8.11. The third-order valence-corrected chi connectivity index (χ3v) is 8.70. The van der Waals surface area contributed by atoms with Gasteiger partial charge in [-0.2, -0.15) is 0 Å². The first kappa shape index (κ1) is 37.1. The van der Waals surface area contributed by atoms with Crippen LogP contribution in [0.1, 0.15) is 41.5 Å². The molecule has 20 nitrogen and oxygen atoms in total. The van der Waals surface area contributed by atoms with Crippen LogP contribution in [0.15, 0.2) is 10.2 Å². The minimum atomic E-state index is -1.42. The van der Waals surface area contributed by atoms with Crippen LogP contribution in [0, 0.1) is 0 Å². The van der Waals surface area contributed by atoms with Gasteiger partial charge in [-0.25, -0.2) is 0 Å². The Morgan fingerprint density at radius 1 is 0.578 bits per heavy atom. The van der Waals surface area contributed by atoms with Gasteiger partial charge >= 0.3 is 262 Å². The molecule has 0 unspecified atom stereocenters. The van der Waals surface area contributed by atoms with E-state index in [2.05, 4.69) is 20.1 Å². The molecule has 45 heavy (non-hydrogen) atoms. The molecule has 0 aromatic rings. The second kappa shape index (κ2) is 17.4. The second-order valence-electron chi connectivity index (χ2n) is 9.51. The van der Waals surface area contributed by atoms with E-state index >= 15 is 0 Å². The van der Waals surface area contributed by atoms with Gasteiger partial charge in [0.2, 0.25) is 0 Å². The van der Waals surface area contributed by atoms with Crippen LogP contribution in [0.25, 0.3) is 20.9 Å². The standard InChI is InChI=1S/C24H32N6O14Se/c1-9(31)37-7-15-19(39-11(3)33)17(27-29-25)21(41-13(5)35)23(43-15)45-24-22(42-14(6)36)18(28-30-26)20(40-12(4)34)16(44-24)8-38-10(2)32/h15-24H,7-8H2,1-6H3/t15-,16-,17+,18+,19+,20+,21-,22-,23+,24+/m1/s1. The quantitative estimate of drug-likeness (QED) is 0.0661. The average Bonchev–Trinajstić information content (AvgIpc) is 2.92. The Balaban J connectivity index is 2.66. The summed E-state index contributed by atoms with van der Waals surface area (Å²) in [5, 5.41) is 4.93. The normalized spacial score (nSPS) is 30.6. The molecule has 0 aromatic heterocycles. The van der Waals surface area contributed by atoms with Crippen LogP contribution in [0.2, 0.25) is 0 Å². The summed E-state index contributed by atoms with van der Waals surface area (Å²) in [6.45, 7) is 5.57. The number of hydrogen-bond donors (Lipinski definition) is 0. The first-order valence-corrected chi connectivity index (χ1v) is 15.2. The van der Waals surface area contributed by atoms with Gasteiger partial charge < -0.3 is 0 Å². The maximum absolute atomic E-state index is 12.2. The summed E-state index contributed by atoms with van der Waals surface area (Å²) in [6, 6.07) is -2.81. The van der Waals surface area contributed by atoms with Crippen molar-refractivity contribution in [2.24, 2.45) is 10.2 Å². The SMILES string of the molecule is CC(=O)OC[C@H]1O[C@@H]([Se][C@@H]2O[C@H](COC(C)=O)[C@H](OC(C)=O)[C@H](N=[N+]=[N-])[C@H]2OC(C)=O)[C@H](OC(C)=O)[C@@H](N=[N+]=[N-])[C@H]1OC(C)=O. The zero-order chi connectivity index (χ0) is 33.8. The van der Waals surface area contributed by atoms with Crippen LogP contribution in [0.3, 0.4) is 0 Å². The third kappa shape index (κ3) is 11.1. The molecule has 2 heterocycles. The van der Waals surface area contributed by atoms with Gasteiger partial charge in [0.05, 0.1) is 0 Å². The minimum absolute atomic E-state index is 0.478. The summed E-state index contributed by atoms with van der Waals surface area (Å²) < 4.78 is 44.0. The Kier molecular flexibility index (Phi) is 14.3. The molecule has 0 saturated carbocycles. The molecule has 0 spiro atoms. The van der Waals surface area contributed by atoms with Crippen molar-refractivity contribution < 1.29 is 66.7 Å². The molecule has 0 amide bonds. The van der Waals surface area contributed by atoms with Crippen LogP contribution in [0.4, 0.5) is 0 Å². The van der Waals surface area contributed by atoms with Crippen molar-refractivity contribution in [2.45, 2.75) is 100 Å². The van der Waals surface area contributed by atoms with Crippen molar-refractivity contribution in [3.8, 4) is 0 Å². The molecule has 0 bridgehead atoms. The summed E-state index contributed by atoms with van der Waals surface area (Å²) in [4.78, 5) is 77.1. The summed E-state index contributed by atoms with van der Waals surface area (Å²) >= 11 is -1.15. The van der Waals surface area contributed by atoms with Gasteiger partial charge in [-0.1, -0.05) is 0 Å². The molecule has 2 rings (SSSR count). The van der Waals surface area contributed by atoms with Gasteiger partial charge in [0.25, 0.3) is 0 Å². The number of rotatable bonds is 12. The Morgan fingerprint density at radius 3 is 1.16 bits per heavy atom. The number of carbonyl (C=O) groups is 6. The fraction of sp³-hybridized carbons (Fsp3) is 0.750. The molecule has 0 aliphatic carbocycles. The molecule has 2 saturated heterocycles. The van der Waals surface area contributed by atoms with E-state index in [4.69, 9.17) is 37.9 Å². The third-order valence-electron chi connectivity index (χ3n) is 5.98. The van der Waals surface area contributed by atoms with Gasteiger partial charge in [0.1, 0.15) is 0 Å². The monoisotopic (exact) mass is 708 g/mol. The Labute approximate surface area is 262 Å². The van der Waals surface area contributed by atoms with Gasteiger partial charge in [0.15, 0.2) is 0 Å². The van der Waals surface area contributed by atoms with Crippen LogP contribution >= 0.6 is 0 Å². The van der Waals surface area contributed by atoms with Crippen LogP contribution in [0.5, 0.6) is 0 Å². The van der Waals surface area contributed by atoms with E-state index in [1.165, 1.54) is 0 Å². The molecule has 10 atom stereocenters. The first-order chi connectivity index (χ1) is 21.2. The van der Waals surface area contributed by atoms with E-state index in [0.29, 0.717) is 0 Å². The van der Waals surface area contributed by atoms with E-state index < -0.39 is 123 Å². The molecule has 0 radical (unpaired) electrons. The van der Waals surface area contributed by atoms with Crippen molar-refractivity contribution in [1.82, 2.24) is 0 Å². The van der Waals surface area contributed by atoms with Crippen LogP contribution in [-0.2, 0) is 66.7 Å². The van der Waals surface area contributed by atoms with Crippen LogP contribution < -0.4 is 0 Å². The fourth-order valence-electron chi connectivity index (χ4n) is 4.50. The van der Waals surface area contributed by atoms with Crippen molar-refractivity contribution >= 4 is 50.8 Å². The zero-order valence-electron chi connectivity index (χ0n) is 25.0. The number of nitrogens with zero attached hydrogens (tertiary/aromatic N) is 6. The second-order valence-corrected chi connectivity index (χ2v) is 12.0. The maximum atomic E-state index is 12.2. The predicted octanol–water partition coefficient (Wildman–Crippen LogP) is 0.351. The first-order valence-electron chi connectivity index (χ1n) is 13.2. The fourth-order valence-corrected chi connectivity index (χ4v) is 7.48. The van der Waals surface area contributed by atoms with Gasteiger partial charge in [-0.15, -0.1) is 0 Å². The van der Waals surface area contributed by atoms with E-state index in [0.717, 1.165) is 41.5 Å². The van der Waals surface area contributed by atoms with Gasteiger partial charge in [-0.3, -0.25) is 0 Å². The zero-order valence-corrected chi connectivity index (χ0v) is 26.7. The molecule has 0 N–H and O–H groups in total. The summed E-state index contributed by atoms with van der Waals surface area (Å²) in [5.41, 5.74) is 18.7. The van der Waals surface area contributed by atoms with E-state index in [-0.39, 0.29) is 0 Å². The number of esters is 6. The number of ether oxygens (including phenoxy) is 8. The van der Waals surface area contributed by atoms with Crippen molar-refractivity contribution in [2.75, 3.05) is 13.2 Å².